The Balaban J connectivity index is 0.925. The fourth-order valence-electron chi connectivity index (χ4n) is 11.6. The summed E-state index contributed by atoms with van der Waals surface area (Å²) in [6.45, 7) is 0. The monoisotopic (exact) mass is 1020 g/mol. The van der Waals surface area contributed by atoms with Crippen LogP contribution in [-0.2, 0) is 0 Å². The van der Waals surface area contributed by atoms with Crippen LogP contribution in [0.25, 0.3) is 160 Å². The molecule has 0 radical (unpaired) electrons. The minimum atomic E-state index is 0.916. The Morgan fingerprint density at radius 2 is 0.553 bits per heavy atom. The normalized spacial score (nSPS) is 11.9. The summed E-state index contributed by atoms with van der Waals surface area (Å²) in [5.74, 6) is 0. The molecule has 0 aliphatic heterocycles. The van der Waals surface area contributed by atoms with Gasteiger partial charge in [0.2, 0.25) is 0 Å². The molecular formula is C71H42N2S3. The summed E-state index contributed by atoms with van der Waals surface area (Å²) in [4.78, 5) is 9.26. The van der Waals surface area contributed by atoms with Gasteiger partial charge in [-0.3, -0.25) is 0 Å². The van der Waals surface area contributed by atoms with Gasteiger partial charge in [-0.15, -0.1) is 34.0 Å². The first kappa shape index (κ1) is 43.4. The summed E-state index contributed by atoms with van der Waals surface area (Å²) in [7, 11) is 0. The molecule has 1 N–H and O–H groups in total. The highest BCUT2D eigenvalue weighted by Crippen LogP contribution is 2.44. The minimum absolute atomic E-state index is 0.916. The molecule has 354 valence electrons. The van der Waals surface area contributed by atoms with E-state index in [0.717, 1.165) is 61.4 Å². The van der Waals surface area contributed by atoms with Gasteiger partial charge in [0.15, 0.2) is 0 Å². The third-order valence-electron chi connectivity index (χ3n) is 15.4. The van der Waals surface area contributed by atoms with E-state index in [2.05, 4.69) is 254 Å². The van der Waals surface area contributed by atoms with Crippen molar-refractivity contribution < 1.29 is 0 Å². The van der Waals surface area contributed by atoms with Gasteiger partial charge in [-0.1, -0.05) is 127 Å². The van der Waals surface area contributed by atoms with Crippen molar-refractivity contribution in [3.63, 3.8) is 0 Å². The number of H-pyrrole nitrogens is 1. The SMILES string of the molecule is c1ccc(-c2cc(-c3cc(-c4ccc5sc6ccccc6c5c4)cc(-c4ccc5sc6ccccc6c5c4)c3)cc(-c3cc(-c4ccc5[nH]c6ccccc6c5c4)cc(-c4ccc5sc6ccccc6c5c4)c3)n2)cc1. The standard InChI is InChI=1S/C71H42N2S3/c1-2-12-42(13-3-1)64-40-52(51-32-47(44-23-27-69-59(37-44)55-15-5-9-19-66(55)74-69)30-48(33-51)45-24-28-70-60(38-45)56-16-6-10-20-67(56)75-70)41-65(73-64)53-34-49(43-22-26-63-58(36-43)54-14-4-8-18-62(54)72-63)31-50(35-53)46-25-29-71-61(39-46)57-17-7-11-21-68(57)76-71/h1-41,72H. The Morgan fingerprint density at radius 1 is 0.211 bits per heavy atom. The van der Waals surface area contributed by atoms with Crippen molar-refractivity contribution in [2.75, 3.05) is 0 Å². The zero-order chi connectivity index (χ0) is 49.8. The quantitative estimate of drug-likeness (QED) is 0.169. The second-order valence-corrected chi connectivity index (χ2v) is 23.2. The van der Waals surface area contributed by atoms with Gasteiger partial charge in [0.25, 0.3) is 0 Å². The number of hydrogen-bond donors (Lipinski definition) is 1. The summed E-state index contributed by atoms with van der Waals surface area (Å²) in [5.41, 5.74) is 17.8. The number of fused-ring (bicyclic) bond motifs is 12. The second kappa shape index (κ2) is 17.3. The molecule has 76 heavy (non-hydrogen) atoms. The molecule has 0 aliphatic carbocycles. The molecule has 0 saturated carbocycles. The van der Waals surface area contributed by atoms with E-state index in [-0.39, 0.29) is 0 Å². The van der Waals surface area contributed by atoms with Crippen molar-refractivity contribution in [1.29, 1.82) is 0 Å². The van der Waals surface area contributed by atoms with Crippen LogP contribution in [0.15, 0.2) is 249 Å². The number of rotatable bonds is 7. The third kappa shape index (κ3) is 7.31. The van der Waals surface area contributed by atoms with Crippen LogP contribution in [0.1, 0.15) is 0 Å². The maximum absolute atomic E-state index is 5.61. The van der Waals surface area contributed by atoms with Gasteiger partial charge in [-0.25, -0.2) is 4.98 Å². The van der Waals surface area contributed by atoms with Crippen molar-refractivity contribution >= 4 is 116 Å². The maximum atomic E-state index is 5.61. The molecule has 0 fully saturated rings. The molecular weight excluding hydrogens is 977 g/mol. The lowest BCUT2D eigenvalue weighted by molar-refractivity contribution is 1.32. The largest absolute Gasteiger partial charge is 0.355 e. The first-order valence-electron chi connectivity index (χ1n) is 25.7. The lowest BCUT2D eigenvalue weighted by atomic mass is 9.90. The molecule has 0 spiro atoms. The van der Waals surface area contributed by atoms with Crippen molar-refractivity contribution in [3.8, 4) is 78.1 Å². The molecule has 0 aliphatic rings. The number of thiophene rings is 3. The fraction of sp³-hybridized carbons (Fsp3) is 0. The van der Waals surface area contributed by atoms with Crippen molar-refractivity contribution in [2.45, 2.75) is 0 Å². The van der Waals surface area contributed by atoms with Crippen molar-refractivity contribution in [3.05, 3.63) is 249 Å². The molecule has 16 rings (SSSR count). The predicted octanol–water partition coefficient (Wildman–Crippen LogP) is 21.5. The molecule has 0 saturated heterocycles. The zero-order valence-corrected chi connectivity index (χ0v) is 43.3. The zero-order valence-electron chi connectivity index (χ0n) is 40.8. The molecule has 16 aromatic rings. The lowest BCUT2D eigenvalue weighted by Crippen LogP contribution is -1.94. The minimum Gasteiger partial charge on any atom is -0.355 e. The summed E-state index contributed by atoms with van der Waals surface area (Å²) in [5, 5.41) is 10.2. The van der Waals surface area contributed by atoms with Gasteiger partial charge in [0.05, 0.1) is 11.4 Å². The van der Waals surface area contributed by atoms with E-state index in [4.69, 9.17) is 4.98 Å². The summed E-state index contributed by atoms with van der Waals surface area (Å²) in [6, 6.07) is 92.3. The van der Waals surface area contributed by atoms with Gasteiger partial charge >= 0.3 is 0 Å². The summed E-state index contributed by atoms with van der Waals surface area (Å²) >= 11 is 5.58. The Bertz CT molecular complexity index is 4450. The van der Waals surface area contributed by atoms with Crippen LogP contribution in [0, 0.1) is 0 Å². The number of benzene rings is 11. The first-order valence-corrected chi connectivity index (χ1v) is 28.2. The number of aromatic amines is 1. The average molecular weight is 1020 g/mol. The van der Waals surface area contributed by atoms with Gasteiger partial charge in [0, 0.05) is 93.4 Å². The van der Waals surface area contributed by atoms with Gasteiger partial charge < -0.3 is 4.98 Å². The molecule has 5 heteroatoms. The van der Waals surface area contributed by atoms with Gasteiger partial charge in [0.1, 0.15) is 0 Å². The fourth-order valence-corrected chi connectivity index (χ4v) is 14.8. The number of pyridine rings is 1. The average Bonchev–Trinajstić information content (AvgIpc) is 4.28. The van der Waals surface area contributed by atoms with Gasteiger partial charge in [-0.2, -0.15) is 0 Å². The van der Waals surface area contributed by atoms with Gasteiger partial charge in [-0.05, 0) is 177 Å². The van der Waals surface area contributed by atoms with Crippen LogP contribution in [0.2, 0.25) is 0 Å². The van der Waals surface area contributed by atoms with Crippen LogP contribution in [0.3, 0.4) is 0 Å². The topological polar surface area (TPSA) is 28.7 Å². The number of aromatic nitrogens is 2. The molecule has 2 nitrogen and oxygen atoms in total. The number of nitrogens with one attached hydrogen (secondary N) is 1. The van der Waals surface area contributed by atoms with E-state index in [0.29, 0.717) is 0 Å². The van der Waals surface area contributed by atoms with Crippen LogP contribution >= 0.6 is 34.0 Å². The highest BCUT2D eigenvalue weighted by Gasteiger charge is 2.18. The molecule has 0 amide bonds. The highest BCUT2D eigenvalue weighted by molar-refractivity contribution is 7.26. The Labute approximate surface area is 450 Å². The van der Waals surface area contributed by atoms with Crippen molar-refractivity contribution in [1.82, 2.24) is 9.97 Å². The summed E-state index contributed by atoms with van der Waals surface area (Å²) < 4.78 is 7.82. The number of hydrogen-bond acceptors (Lipinski definition) is 4. The predicted molar refractivity (Wildman–Crippen MR) is 330 cm³/mol. The third-order valence-corrected chi connectivity index (χ3v) is 18.8. The van der Waals surface area contributed by atoms with E-state index < -0.39 is 0 Å². The van der Waals surface area contributed by atoms with Crippen LogP contribution < -0.4 is 0 Å². The Kier molecular flexibility index (Phi) is 9.89. The summed E-state index contributed by atoms with van der Waals surface area (Å²) in [6.07, 6.45) is 0. The van der Waals surface area contributed by atoms with Crippen molar-refractivity contribution in [2.24, 2.45) is 0 Å². The van der Waals surface area contributed by atoms with E-state index >= 15 is 0 Å². The molecule has 5 heterocycles. The molecule has 0 atom stereocenters. The van der Waals surface area contributed by atoms with E-state index in [9.17, 15) is 0 Å². The molecule has 0 unspecified atom stereocenters. The van der Waals surface area contributed by atoms with E-state index in [1.165, 1.54) is 99.1 Å². The second-order valence-electron chi connectivity index (χ2n) is 19.9. The number of para-hydroxylation sites is 1. The molecule has 11 aromatic carbocycles. The van der Waals surface area contributed by atoms with E-state index in [1.807, 2.05) is 34.0 Å². The molecule has 0 bridgehead atoms. The highest BCUT2D eigenvalue weighted by atomic mass is 32.1. The number of nitrogens with zero attached hydrogens (tertiary/aromatic N) is 1. The Hall–Kier alpha value is -8.97. The van der Waals surface area contributed by atoms with E-state index in [1.54, 1.807) is 0 Å². The lowest BCUT2D eigenvalue weighted by Gasteiger charge is -2.16. The smallest absolute Gasteiger partial charge is 0.0716 e. The van der Waals surface area contributed by atoms with Crippen LogP contribution in [0.4, 0.5) is 0 Å². The maximum Gasteiger partial charge on any atom is 0.0716 e. The van der Waals surface area contributed by atoms with Crippen LogP contribution in [-0.4, -0.2) is 9.97 Å². The molecule has 5 aromatic heterocycles. The van der Waals surface area contributed by atoms with Crippen LogP contribution in [0.5, 0.6) is 0 Å². The first-order chi connectivity index (χ1) is 37.6. The Morgan fingerprint density at radius 3 is 1.05 bits per heavy atom.